The molecule has 2 fully saturated rings. The zero-order chi connectivity index (χ0) is 24.8. The smallest absolute Gasteiger partial charge is 0.328 e. The number of benzene rings is 1. The Morgan fingerprint density at radius 3 is 2.59 bits per heavy atom. The van der Waals surface area contributed by atoms with Crippen molar-refractivity contribution in [2.24, 2.45) is 22.7 Å². The number of carbonyl (C=O) groups is 2. The first-order chi connectivity index (χ1) is 15.9. The van der Waals surface area contributed by atoms with E-state index in [9.17, 15) is 30.0 Å². The third-order valence-electron chi connectivity index (χ3n) is 9.96. The van der Waals surface area contributed by atoms with Crippen LogP contribution < -0.4 is 4.74 Å². The highest BCUT2D eigenvalue weighted by atomic mass is 16.5. The van der Waals surface area contributed by atoms with Crippen LogP contribution in [0.2, 0.25) is 0 Å². The van der Waals surface area contributed by atoms with E-state index in [1.807, 2.05) is 0 Å². The van der Waals surface area contributed by atoms with Gasteiger partial charge in [-0.2, -0.15) is 0 Å². The number of phenolic OH excluding ortho intramolecular Hbond substituents is 1. The number of phenols is 1. The quantitative estimate of drug-likeness (QED) is 0.531. The van der Waals surface area contributed by atoms with Gasteiger partial charge in [-0.05, 0) is 49.0 Å². The molecule has 186 valence electrons. The van der Waals surface area contributed by atoms with Crippen molar-refractivity contribution in [3.8, 4) is 11.5 Å². The van der Waals surface area contributed by atoms with E-state index in [2.05, 4.69) is 27.7 Å². The van der Waals surface area contributed by atoms with E-state index >= 15 is 0 Å². The Balaban J connectivity index is 1.59. The second-order valence-electron chi connectivity index (χ2n) is 11.7. The average Bonchev–Trinajstić information content (AvgIpc) is 3.32. The number of aliphatic hydroxyl groups excluding tert-OH is 2. The number of carboxylic acid groups (broad SMARTS) is 1. The molecule has 6 atom stereocenters. The van der Waals surface area contributed by atoms with Crippen LogP contribution in [0.15, 0.2) is 6.07 Å². The zero-order valence-corrected chi connectivity index (χ0v) is 20.3. The van der Waals surface area contributed by atoms with Crippen molar-refractivity contribution in [2.75, 3.05) is 6.61 Å². The van der Waals surface area contributed by atoms with Gasteiger partial charge in [-0.25, -0.2) is 4.79 Å². The molecule has 5 rings (SSSR count). The topological polar surface area (TPSA) is 128 Å². The Kier molecular flexibility index (Phi) is 5.06. The van der Waals surface area contributed by atoms with Crippen LogP contribution in [0, 0.1) is 22.7 Å². The highest BCUT2D eigenvalue weighted by Crippen LogP contribution is 2.67. The second-order valence-corrected chi connectivity index (χ2v) is 11.7. The van der Waals surface area contributed by atoms with E-state index in [1.165, 1.54) is 6.07 Å². The maximum Gasteiger partial charge on any atom is 0.328 e. The molecule has 1 aromatic carbocycles. The summed E-state index contributed by atoms with van der Waals surface area (Å²) >= 11 is 0. The summed E-state index contributed by atoms with van der Waals surface area (Å²) in [6, 6.07) is 0.0704. The van der Waals surface area contributed by atoms with Crippen molar-refractivity contribution in [2.45, 2.75) is 84.1 Å². The normalized spacial score (nSPS) is 36.6. The highest BCUT2D eigenvalue weighted by Gasteiger charge is 2.67. The van der Waals surface area contributed by atoms with Crippen LogP contribution in [-0.2, 0) is 17.8 Å². The lowest BCUT2D eigenvalue weighted by Gasteiger charge is -2.64. The number of aliphatic carboxylic acids is 1. The van der Waals surface area contributed by atoms with Crippen LogP contribution in [0.4, 0.5) is 0 Å². The fourth-order valence-corrected chi connectivity index (χ4v) is 7.85. The molecular formula is C26H35NO7. The van der Waals surface area contributed by atoms with Gasteiger partial charge < -0.3 is 30.1 Å². The minimum absolute atomic E-state index is 0.00951. The van der Waals surface area contributed by atoms with E-state index in [0.29, 0.717) is 29.7 Å². The summed E-state index contributed by atoms with van der Waals surface area (Å²) in [6.45, 7) is 8.04. The predicted octanol–water partition coefficient (Wildman–Crippen LogP) is 2.70. The van der Waals surface area contributed by atoms with Crippen molar-refractivity contribution in [1.29, 1.82) is 0 Å². The predicted molar refractivity (Wildman–Crippen MR) is 123 cm³/mol. The number of carbonyl (C=O) groups excluding carboxylic acids is 1. The van der Waals surface area contributed by atoms with E-state index in [-0.39, 0.29) is 46.6 Å². The molecule has 0 bridgehead atoms. The lowest BCUT2D eigenvalue weighted by Crippen LogP contribution is -2.66. The average molecular weight is 474 g/mol. The molecule has 0 saturated heterocycles. The molecule has 8 heteroatoms. The number of aromatic hydroxyl groups is 1. The molecule has 1 spiro atoms. The molecule has 2 aliphatic heterocycles. The molecule has 34 heavy (non-hydrogen) atoms. The highest BCUT2D eigenvalue weighted by molar-refractivity contribution is 6.02. The van der Waals surface area contributed by atoms with E-state index in [4.69, 9.17) is 4.74 Å². The lowest BCUT2D eigenvalue weighted by atomic mass is 9.43. The number of rotatable bonds is 3. The largest absolute Gasteiger partial charge is 0.508 e. The van der Waals surface area contributed by atoms with Crippen molar-refractivity contribution in [1.82, 2.24) is 4.90 Å². The number of ether oxygens (including phenoxy) is 1. The first-order valence-electron chi connectivity index (χ1n) is 12.3. The minimum Gasteiger partial charge on any atom is -0.508 e. The Bertz CT molecular complexity index is 1070. The molecule has 1 amide bonds. The number of hydrogen-bond donors (Lipinski definition) is 4. The van der Waals surface area contributed by atoms with Gasteiger partial charge in [-0.1, -0.05) is 27.7 Å². The summed E-state index contributed by atoms with van der Waals surface area (Å²) in [6.07, 6.45) is 3.55. The zero-order valence-electron chi connectivity index (χ0n) is 20.3. The summed E-state index contributed by atoms with van der Waals surface area (Å²) in [5, 5.41) is 40.9. The Labute approximate surface area is 199 Å². The number of hydrogen-bond acceptors (Lipinski definition) is 6. The van der Waals surface area contributed by atoms with Crippen LogP contribution in [0.5, 0.6) is 11.5 Å². The van der Waals surface area contributed by atoms with Gasteiger partial charge in [0.05, 0.1) is 24.8 Å². The monoisotopic (exact) mass is 473 g/mol. The van der Waals surface area contributed by atoms with Crippen LogP contribution in [0.1, 0.15) is 74.9 Å². The van der Waals surface area contributed by atoms with Gasteiger partial charge >= 0.3 is 5.97 Å². The Morgan fingerprint density at radius 1 is 1.24 bits per heavy atom. The first-order valence-corrected chi connectivity index (χ1v) is 12.3. The number of nitrogens with zero attached hydrogens (tertiary/aromatic N) is 1. The Hall–Kier alpha value is -2.32. The number of aliphatic hydroxyl groups is 2. The molecule has 0 radical (unpaired) electrons. The van der Waals surface area contributed by atoms with Gasteiger partial charge in [-0.3, -0.25) is 4.79 Å². The SMILES string of the molecule is C[C@H]1CC[C@H]2C(C)(C)[C@H](O)CC[C@]2(C)[C@]12Cc1c(O)cc3c(c1O2)CN([C@@H](CO)C(=O)O)C3=O. The van der Waals surface area contributed by atoms with Crippen molar-refractivity contribution < 1.29 is 34.8 Å². The first kappa shape index (κ1) is 23.4. The standard InChI is InChI=1S/C26H35NO7/c1-13-5-6-19-24(2,3)20(30)7-8-25(19,4)26(13)10-15-18(29)9-14-16(21(15)34-26)11-27(22(14)31)17(12-28)23(32)33/h9,13,17,19-20,28-30H,5-8,10-12H2,1-4H3,(H,32,33)/t13-,17-,19-,20+,25-,26-/m0/s1. The van der Waals surface area contributed by atoms with Gasteiger partial charge in [0.1, 0.15) is 17.1 Å². The van der Waals surface area contributed by atoms with E-state index < -0.39 is 30.1 Å². The van der Waals surface area contributed by atoms with Crippen LogP contribution in [0.25, 0.3) is 0 Å². The second kappa shape index (κ2) is 7.34. The van der Waals surface area contributed by atoms with Crippen LogP contribution in [0.3, 0.4) is 0 Å². The number of carboxylic acids is 1. The van der Waals surface area contributed by atoms with Gasteiger partial charge in [0.2, 0.25) is 0 Å². The fourth-order valence-electron chi connectivity index (χ4n) is 7.85. The Morgan fingerprint density at radius 2 is 1.94 bits per heavy atom. The van der Waals surface area contributed by atoms with Gasteiger partial charge in [0.15, 0.2) is 6.04 Å². The van der Waals surface area contributed by atoms with Gasteiger partial charge in [-0.15, -0.1) is 0 Å². The summed E-state index contributed by atoms with van der Waals surface area (Å²) in [5.41, 5.74) is 0.372. The van der Waals surface area contributed by atoms with Crippen LogP contribution >= 0.6 is 0 Å². The molecule has 2 heterocycles. The maximum absolute atomic E-state index is 13.1. The molecule has 4 N–H and O–H groups in total. The number of amides is 1. The third-order valence-corrected chi connectivity index (χ3v) is 9.96. The van der Waals surface area contributed by atoms with Gasteiger partial charge in [0, 0.05) is 23.0 Å². The van der Waals surface area contributed by atoms with Gasteiger partial charge in [0.25, 0.3) is 5.91 Å². The maximum atomic E-state index is 13.1. The molecule has 1 aromatic rings. The summed E-state index contributed by atoms with van der Waals surface area (Å²) in [7, 11) is 0. The summed E-state index contributed by atoms with van der Waals surface area (Å²) in [5.74, 6) is -0.897. The molecule has 4 aliphatic rings. The molecule has 8 nitrogen and oxygen atoms in total. The summed E-state index contributed by atoms with van der Waals surface area (Å²) in [4.78, 5) is 25.8. The molecule has 2 saturated carbocycles. The third kappa shape index (κ3) is 2.78. The summed E-state index contributed by atoms with van der Waals surface area (Å²) < 4.78 is 6.91. The van der Waals surface area contributed by atoms with Crippen molar-refractivity contribution in [3.63, 3.8) is 0 Å². The lowest BCUT2D eigenvalue weighted by molar-refractivity contribution is -0.210. The molecule has 2 aliphatic carbocycles. The van der Waals surface area contributed by atoms with Crippen molar-refractivity contribution in [3.05, 3.63) is 22.8 Å². The van der Waals surface area contributed by atoms with Crippen molar-refractivity contribution >= 4 is 11.9 Å². The molecular weight excluding hydrogens is 438 g/mol. The minimum atomic E-state index is -1.36. The molecule has 0 unspecified atom stereocenters. The fraction of sp³-hybridized carbons (Fsp3) is 0.692. The van der Waals surface area contributed by atoms with Crippen LogP contribution in [-0.4, -0.2) is 61.6 Å². The van der Waals surface area contributed by atoms with E-state index in [1.54, 1.807) is 0 Å². The molecule has 0 aromatic heterocycles. The number of fused-ring (bicyclic) bond motifs is 5. The van der Waals surface area contributed by atoms with E-state index in [0.717, 1.165) is 24.2 Å².